The first-order valence-electron chi connectivity index (χ1n) is 8.37. The van der Waals surface area contributed by atoms with Crippen molar-refractivity contribution in [1.82, 2.24) is 19.0 Å². The van der Waals surface area contributed by atoms with Crippen LogP contribution in [0.5, 0.6) is 0 Å². The number of nitrogens with zero attached hydrogens (tertiary/aromatic N) is 3. The van der Waals surface area contributed by atoms with Crippen LogP contribution in [0.15, 0.2) is 40.1 Å². The molecule has 8 heteroatoms. The molecule has 0 aliphatic carbocycles. The minimum absolute atomic E-state index is 0.192. The molecular formula is C18H17FN4O3. The molecule has 1 amide bonds. The van der Waals surface area contributed by atoms with Crippen LogP contribution in [0.25, 0.3) is 16.7 Å². The number of H-pyrrole nitrogens is 1. The van der Waals surface area contributed by atoms with Gasteiger partial charge in [0.2, 0.25) is 0 Å². The monoisotopic (exact) mass is 356 g/mol. The quantitative estimate of drug-likeness (QED) is 0.754. The maximum absolute atomic E-state index is 13.1. The lowest BCUT2D eigenvalue weighted by Crippen LogP contribution is -2.34. The Hall–Kier alpha value is -3.16. The van der Waals surface area contributed by atoms with Crippen molar-refractivity contribution in [2.75, 3.05) is 13.1 Å². The fraction of sp³-hybridized carbons (Fsp3) is 0.278. The standard InChI is InChI=1S/C18H17FN4O3/c1-21-10-13(16(24)22-8-2-3-9-22)14-15(21)17(25)23(18(26)20-14)12-6-4-11(19)5-7-12/h4-7,10H,2-3,8-9H2,1H3,(H,20,26). The second kappa shape index (κ2) is 5.98. The average Bonchev–Trinajstić information content (AvgIpc) is 3.24. The van der Waals surface area contributed by atoms with Gasteiger partial charge in [0, 0.05) is 26.3 Å². The number of halogens is 1. The average molecular weight is 356 g/mol. The topological polar surface area (TPSA) is 80.1 Å². The van der Waals surface area contributed by atoms with Crippen molar-refractivity contribution < 1.29 is 9.18 Å². The molecule has 1 aliphatic heterocycles. The second-order valence-electron chi connectivity index (χ2n) is 6.42. The van der Waals surface area contributed by atoms with Crippen molar-refractivity contribution in [3.63, 3.8) is 0 Å². The van der Waals surface area contributed by atoms with E-state index in [0.29, 0.717) is 18.7 Å². The third kappa shape index (κ3) is 2.45. The van der Waals surface area contributed by atoms with Gasteiger partial charge in [-0.15, -0.1) is 0 Å². The van der Waals surface area contributed by atoms with Gasteiger partial charge < -0.3 is 14.5 Å². The Morgan fingerprint density at radius 2 is 1.77 bits per heavy atom. The highest BCUT2D eigenvalue weighted by Gasteiger charge is 2.25. The third-order valence-electron chi connectivity index (χ3n) is 4.73. The molecule has 0 bridgehead atoms. The molecule has 134 valence electrons. The predicted molar refractivity (Wildman–Crippen MR) is 94.2 cm³/mol. The van der Waals surface area contributed by atoms with E-state index in [1.807, 2.05) is 0 Å². The van der Waals surface area contributed by atoms with Gasteiger partial charge in [0.15, 0.2) is 0 Å². The molecule has 4 rings (SSSR count). The molecule has 0 unspecified atom stereocenters. The van der Waals surface area contributed by atoms with Crippen molar-refractivity contribution in [2.24, 2.45) is 7.05 Å². The number of fused-ring (bicyclic) bond motifs is 1. The molecule has 26 heavy (non-hydrogen) atoms. The van der Waals surface area contributed by atoms with Gasteiger partial charge in [-0.1, -0.05) is 0 Å². The molecule has 2 aromatic heterocycles. The van der Waals surface area contributed by atoms with Crippen LogP contribution in [-0.2, 0) is 7.05 Å². The smallest absolute Gasteiger partial charge is 0.333 e. The number of likely N-dealkylation sites (tertiary alicyclic amines) is 1. The first-order valence-corrected chi connectivity index (χ1v) is 8.37. The Labute approximate surface area is 147 Å². The number of aromatic nitrogens is 3. The molecule has 0 saturated carbocycles. The maximum atomic E-state index is 13.1. The number of benzene rings is 1. The van der Waals surface area contributed by atoms with Crippen LogP contribution in [0.4, 0.5) is 4.39 Å². The fourth-order valence-electron chi connectivity index (χ4n) is 3.45. The Balaban J connectivity index is 1.93. The molecule has 0 radical (unpaired) electrons. The molecule has 3 aromatic rings. The van der Waals surface area contributed by atoms with Gasteiger partial charge in [0.25, 0.3) is 11.5 Å². The largest absolute Gasteiger partial charge is 0.344 e. The number of hydrogen-bond donors (Lipinski definition) is 1. The molecule has 3 heterocycles. The van der Waals surface area contributed by atoms with Crippen molar-refractivity contribution in [3.8, 4) is 5.69 Å². The molecule has 1 aliphatic rings. The van der Waals surface area contributed by atoms with Gasteiger partial charge in [-0.25, -0.2) is 13.8 Å². The van der Waals surface area contributed by atoms with Crippen LogP contribution in [0, 0.1) is 5.82 Å². The SMILES string of the molecule is Cn1cc(C(=O)N2CCCC2)c2[nH]c(=O)n(-c3ccc(F)cc3)c(=O)c21. The zero-order valence-corrected chi connectivity index (χ0v) is 14.2. The summed E-state index contributed by atoms with van der Waals surface area (Å²) < 4.78 is 15.6. The Bertz CT molecular complexity index is 1120. The van der Waals surface area contributed by atoms with Crippen LogP contribution in [0.3, 0.4) is 0 Å². The van der Waals surface area contributed by atoms with E-state index in [1.165, 1.54) is 28.8 Å². The molecule has 7 nitrogen and oxygen atoms in total. The lowest BCUT2D eigenvalue weighted by molar-refractivity contribution is 0.0794. The van der Waals surface area contributed by atoms with Gasteiger partial charge in [0.1, 0.15) is 11.3 Å². The summed E-state index contributed by atoms with van der Waals surface area (Å²) in [6, 6.07) is 5.07. The maximum Gasteiger partial charge on any atom is 0.333 e. The number of amides is 1. The van der Waals surface area contributed by atoms with Crippen LogP contribution in [0.1, 0.15) is 23.2 Å². The second-order valence-corrected chi connectivity index (χ2v) is 6.42. The molecule has 1 fully saturated rings. The van der Waals surface area contributed by atoms with Gasteiger partial charge in [-0.05, 0) is 37.1 Å². The summed E-state index contributed by atoms with van der Waals surface area (Å²) in [5.41, 5.74) is -0.207. The van der Waals surface area contributed by atoms with E-state index in [-0.39, 0.29) is 22.6 Å². The molecule has 1 aromatic carbocycles. The van der Waals surface area contributed by atoms with Crippen molar-refractivity contribution in [3.05, 3.63) is 62.7 Å². The lowest BCUT2D eigenvalue weighted by atomic mass is 10.2. The molecule has 1 N–H and O–H groups in total. The number of carbonyl (C=O) groups is 1. The van der Waals surface area contributed by atoms with Gasteiger partial charge in [-0.2, -0.15) is 0 Å². The van der Waals surface area contributed by atoms with Gasteiger partial charge in [0.05, 0.1) is 16.8 Å². The summed E-state index contributed by atoms with van der Waals surface area (Å²) in [5, 5.41) is 0. The molecular weight excluding hydrogens is 339 g/mol. The normalized spacial score (nSPS) is 14.3. The van der Waals surface area contributed by atoms with Gasteiger partial charge in [-0.3, -0.25) is 9.59 Å². The molecule has 1 saturated heterocycles. The van der Waals surface area contributed by atoms with Gasteiger partial charge >= 0.3 is 5.69 Å². The summed E-state index contributed by atoms with van der Waals surface area (Å²) >= 11 is 0. The predicted octanol–water partition coefficient (Wildman–Crippen LogP) is 1.39. The number of aryl methyl sites for hydroxylation is 1. The van der Waals surface area contributed by atoms with E-state index in [4.69, 9.17) is 0 Å². The summed E-state index contributed by atoms with van der Waals surface area (Å²) in [5.74, 6) is -0.653. The van der Waals surface area contributed by atoms with E-state index in [9.17, 15) is 18.8 Å². The van der Waals surface area contributed by atoms with Crippen LogP contribution in [0.2, 0.25) is 0 Å². The highest BCUT2D eigenvalue weighted by molar-refractivity contribution is 6.05. The third-order valence-corrected chi connectivity index (χ3v) is 4.73. The number of hydrogen-bond acceptors (Lipinski definition) is 3. The van der Waals surface area contributed by atoms with Crippen LogP contribution >= 0.6 is 0 Å². The molecule has 0 atom stereocenters. The minimum Gasteiger partial charge on any atom is -0.344 e. The summed E-state index contributed by atoms with van der Waals surface area (Å²) in [7, 11) is 1.65. The van der Waals surface area contributed by atoms with Crippen molar-refractivity contribution in [1.29, 1.82) is 0 Å². The van der Waals surface area contributed by atoms with Crippen molar-refractivity contribution in [2.45, 2.75) is 12.8 Å². The van der Waals surface area contributed by atoms with E-state index < -0.39 is 17.1 Å². The number of nitrogens with one attached hydrogen (secondary N) is 1. The summed E-state index contributed by atoms with van der Waals surface area (Å²) in [6.07, 6.45) is 3.46. The highest BCUT2D eigenvalue weighted by atomic mass is 19.1. The Morgan fingerprint density at radius 3 is 2.42 bits per heavy atom. The first-order chi connectivity index (χ1) is 12.5. The van der Waals surface area contributed by atoms with Crippen molar-refractivity contribution >= 4 is 16.9 Å². The van der Waals surface area contributed by atoms with E-state index in [2.05, 4.69) is 4.98 Å². The minimum atomic E-state index is -0.671. The van der Waals surface area contributed by atoms with Crippen LogP contribution in [-0.4, -0.2) is 38.0 Å². The highest BCUT2D eigenvalue weighted by Crippen LogP contribution is 2.19. The Morgan fingerprint density at radius 1 is 1.12 bits per heavy atom. The van der Waals surface area contributed by atoms with E-state index >= 15 is 0 Å². The zero-order valence-electron chi connectivity index (χ0n) is 14.2. The number of carbonyl (C=O) groups excluding carboxylic acids is 1. The first kappa shape index (κ1) is 16.3. The Kier molecular flexibility index (Phi) is 3.75. The summed E-state index contributed by atoms with van der Waals surface area (Å²) in [6.45, 7) is 1.35. The van der Waals surface area contributed by atoms with E-state index in [0.717, 1.165) is 17.4 Å². The zero-order chi connectivity index (χ0) is 18.4. The number of aromatic amines is 1. The number of rotatable bonds is 2. The fourth-order valence-corrected chi connectivity index (χ4v) is 3.45. The van der Waals surface area contributed by atoms with Crippen LogP contribution < -0.4 is 11.2 Å². The van der Waals surface area contributed by atoms with E-state index in [1.54, 1.807) is 18.1 Å². The lowest BCUT2D eigenvalue weighted by Gasteiger charge is -2.14. The molecule has 0 spiro atoms. The summed E-state index contributed by atoms with van der Waals surface area (Å²) in [4.78, 5) is 42.5.